The van der Waals surface area contributed by atoms with Crippen LogP contribution in [0.25, 0.3) is 5.70 Å². The highest BCUT2D eigenvalue weighted by molar-refractivity contribution is 6.30. The molecule has 1 aliphatic heterocycles. The first kappa shape index (κ1) is 23.4. The average molecular weight is 510 g/mol. The number of ether oxygens (including phenoxy) is 1. The average Bonchev–Trinajstić information content (AvgIpc) is 3.14. The minimum Gasteiger partial charge on any atom is -0.423 e. The summed E-state index contributed by atoms with van der Waals surface area (Å²) in [7, 11) is 0. The van der Waals surface area contributed by atoms with Gasteiger partial charge in [-0.2, -0.15) is 0 Å². The maximum absolute atomic E-state index is 13.7. The van der Waals surface area contributed by atoms with Gasteiger partial charge in [0.15, 0.2) is 11.6 Å². The van der Waals surface area contributed by atoms with Crippen LogP contribution in [0, 0.1) is 5.41 Å². The summed E-state index contributed by atoms with van der Waals surface area (Å²) in [6.07, 6.45) is 1.10. The van der Waals surface area contributed by atoms with Crippen molar-refractivity contribution < 1.29 is 19.1 Å². The summed E-state index contributed by atoms with van der Waals surface area (Å²) < 4.78 is 5.67. The maximum Gasteiger partial charge on any atom is 0.343 e. The molecule has 0 bridgehead atoms. The Hall–Kier alpha value is -3.96. The normalized spacial score (nSPS) is 19.7. The number of carbonyl (C=O) groups excluding carboxylic acids is 3. The second-order valence-electron chi connectivity index (χ2n) is 10.5. The minimum atomic E-state index is -0.552. The third-order valence-corrected chi connectivity index (χ3v) is 7.46. The number of rotatable bonds is 3. The van der Waals surface area contributed by atoms with Crippen molar-refractivity contribution in [2.24, 2.45) is 5.41 Å². The van der Waals surface area contributed by atoms with E-state index < -0.39 is 11.9 Å². The van der Waals surface area contributed by atoms with E-state index in [4.69, 9.17) is 16.3 Å². The Balaban J connectivity index is 1.44. The van der Waals surface area contributed by atoms with Gasteiger partial charge in [-0.15, -0.1) is 0 Å². The first-order chi connectivity index (χ1) is 17.7. The molecule has 0 saturated carbocycles. The molecular formula is C31H24ClNO4. The van der Waals surface area contributed by atoms with Crippen molar-refractivity contribution >= 4 is 34.8 Å². The smallest absolute Gasteiger partial charge is 0.343 e. The molecule has 1 heterocycles. The number of esters is 1. The third-order valence-electron chi connectivity index (χ3n) is 7.21. The van der Waals surface area contributed by atoms with E-state index >= 15 is 0 Å². The number of Topliss-reactive ketones (excluding diaryl/α,β-unsaturated/α-hetero) is 2. The number of hydrogen-bond donors (Lipinski definition) is 1. The zero-order valence-corrected chi connectivity index (χ0v) is 21.2. The standard InChI is InChI=1S/C31H24ClNO4/c1-31(2)15-23-26(24(34)16-31)25(27-28(33-23)21-8-3-4-9-22(21)29(27)35)18-6-5-7-20(14-18)37-30(36)17-10-12-19(32)13-11-17/h3-14,25,33H,15-16H2,1-2H3. The number of allylic oxidation sites excluding steroid dienone is 3. The van der Waals surface area contributed by atoms with Gasteiger partial charge in [0.05, 0.1) is 11.3 Å². The van der Waals surface area contributed by atoms with E-state index in [0.29, 0.717) is 45.9 Å². The lowest BCUT2D eigenvalue weighted by atomic mass is 9.68. The van der Waals surface area contributed by atoms with Crippen molar-refractivity contribution in [3.63, 3.8) is 0 Å². The Labute approximate surface area is 219 Å². The van der Waals surface area contributed by atoms with E-state index in [1.54, 1.807) is 42.5 Å². The van der Waals surface area contributed by atoms with Crippen molar-refractivity contribution in [3.05, 3.63) is 117 Å². The minimum absolute atomic E-state index is 0.0302. The van der Waals surface area contributed by atoms with Crippen LogP contribution in [0.15, 0.2) is 89.6 Å². The summed E-state index contributed by atoms with van der Waals surface area (Å²) in [5.74, 6) is -0.784. The van der Waals surface area contributed by atoms with Crippen LogP contribution in [0.1, 0.15) is 64.4 Å². The van der Waals surface area contributed by atoms with Gasteiger partial charge < -0.3 is 10.1 Å². The summed E-state index contributed by atoms with van der Waals surface area (Å²) >= 11 is 5.94. The fourth-order valence-electron chi connectivity index (χ4n) is 5.63. The van der Waals surface area contributed by atoms with E-state index in [9.17, 15) is 14.4 Å². The van der Waals surface area contributed by atoms with Gasteiger partial charge in [0.1, 0.15) is 5.75 Å². The fraction of sp³-hybridized carbons (Fsp3) is 0.194. The molecule has 37 heavy (non-hydrogen) atoms. The summed E-state index contributed by atoms with van der Waals surface area (Å²) in [5, 5.41) is 4.01. The number of dihydropyridines is 1. The third kappa shape index (κ3) is 4.00. The van der Waals surface area contributed by atoms with Gasteiger partial charge in [-0.3, -0.25) is 9.59 Å². The zero-order valence-electron chi connectivity index (χ0n) is 20.4. The van der Waals surface area contributed by atoms with Crippen LogP contribution < -0.4 is 10.1 Å². The van der Waals surface area contributed by atoms with E-state index in [-0.39, 0.29) is 17.0 Å². The molecule has 0 spiro atoms. The van der Waals surface area contributed by atoms with Crippen molar-refractivity contribution in [2.75, 3.05) is 0 Å². The molecule has 1 atom stereocenters. The number of hydrogen-bond acceptors (Lipinski definition) is 5. The highest BCUT2D eigenvalue weighted by Crippen LogP contribution is 2.51. The Kier molecular flexibility index (Phi) is 5.42. The van der Waals surface area contributed by atoms with E-state index in [1.807, 2.05) is 30.3 Å². The van der Waals surface area contributed by atoms with Crippen LogP contribution in [0.3, 0.4) is 0 Å². The van der Waals surface area contributed by atoms with Gasteiger partial charge in [0.25, 0.3) is 0 Å². The largest absolute Gasteiger partial charge is 0.423 e. The van der Waals surface area contributed by atoms with Crippen molar-refractivity contribution in [1.29, 1.82) is 0 Å². The Bertz CT molecular complexity index is 1560. The molecule has 1 unspecified atom stereocenters. The van der Waals surface area contributed by atoms with Gasteiger partial charge in [-0.25, -0.2) is 4.79 Å². The quantitative estimate of drug-likeness (QED) is 0.322. The Morgan fingerprint density at radius 3 is 2.41 bits per heavy atom. The number of nitrogens with one attached hydrogen (secondary N) is 1. The second-order valence-corrected chi connectivity index (χ2v) is 11.0. The molecule has 3 aromatic rings. The molecule has 3 aliphatic rings. The summed E-state index contributed by atoms with van der Waals surface area (Å²) in [4.78, 5) is 40.0. The van der Waals surface area contributed by atoms with Gasteiger partial charge in [-0.05, 0) is 53.8 Å². The lowest BCUT2D eigenvalue weighted by Gasteiger charge is -2.39. The first-order valence-corrected chi connectivity index (χ1v) is 12.6. The predicted octanol–water partition coefficient (Wildman–Crippen LogP) is 6.50. The molecule has 3 aromatic carbocycles. The molecule has 0 saturated heterocycles. The van der Waals surface area contributed by atoms with E-state index in [1.165, 1.54) is 0 Å². The Morgan fingerprint density at radius 2 is 1.65 bits per heavy atom. The molecule has 0 aromatic heterocycles. The maximum atomic E-state index is 13.7. The van der Waals surface area contributed by atoms with Crippen LogP contribution in [-0.2, 0) is 4.79 Å². The number of fused-ring (bicyclic) bond motifs is 2. The zero-order chi connectivity index (χ0) is 25.9. The molecule has 6 rings (SSSR count). The molecule has 1 N–H and O–H groups in total. The van der Waals surface area contributed by atoms with E-state index in [2.05, 4.69) is 19.2 Å². The van der Waals surface area contributed by atoms with Gasteiger partial charge >= 0.3 is 5.97 Å². The van der Waals surface area contributed by atoms with Crippen LogP contribution in [0.2, 0.25) is 5.02 Å². The molecule has 0 radical (unpaired) electrons. The first-order valence-electron chi connectivity index (χ1n) is 12.2. The highest BCUT2D eigenvalue weighted by Gasteiger charge is 2.46. The van der Waals surface area contributed by atoms with Crippen LogP contribution in [0.5, 0.6) is 5.75 Å². The van der Waals surface area contributed by atoms with Crippen molar-refractivity contribution in [2.45, 2.75) is 32.6 Å². The second kappa shape index (κ2) is 8.56. The monoisotopic (exact) mass is 509 g/mol. The lowest BCUT2D eigenvalue weighted by Crippen LogP contribution is -2.37. The van der Waals surface area contributed by atoms with Crippen molar-refractivity contribution in [3.8, 4) is 5.75 Å². The SMILES string of the molecule is CC1(C)CC(=O)C2=C(C1)NC1=C(C(=O)c3ccccc31)C2c1cccc(OC(=O)c2ccc(Cl)cc2)c1. The number of ketones is 2. The molecular weight excluding hydrogens is 486 g/mol. The van der Waals surface area contributed by atoms with Gasteiger partial charge in [0, 0.05) is 45.3 Å². The summed E-state index contributed by atoms with van der Waals surface area (Å²) in [5.41, 5.74) is 5.20. The number of benzene rings is 3. The van der Waals surface area contributed by atoms with Gasteiger partial charge in [0.2, 0.25) is 0 Å². The van der Waals surface area contributed by atoms with Crippen molar-refractivity contribution in [1.82, 2.24) is 5.32 Å². The van der Waals surface area contributed by atoms with Crippen LogP contribution in [-0.4, -0.2) is 17.5 Å². The molecule has 5 nitrogen and oxygen atoms in total. The molecule has 0 amide bonds. The number of halogens is 1. The van der Waals surface area contributed by atoms with E-state index in [0.717, 1.165) is 22.5 Å². The highest BCUT2D eigenvalue weighted by atomic mass is 35.5. The van der Waals surface area contributed by atoms with Crippen LogP contribution in [0.4, 0.5) is 0 Å². The van der Waals surface area contributed by atoms with Crippen LogP contribution >= 0.6 is 11.6 Å². The fourth-order valence-corrected chi connectivity index (χ4v) is 5.76. The summed E-state index contributed by atoms with van der Waals surface area (Å²) in [6.45, 7) is 4.17. The molecule has 0 fully saturated rings. The lowest BCUT2D eigenvalue weighted by molar-refractivity contribution is -0.118. The molecule has 184 valence electrons. The van der Waals surface area contributed by atoms with Gasteiger partial charge in [-0.1, -0.05) is 61.8 Å². The Morgan fingerprint density at radius 1 is 0.919 bits per heavy atom. The topological polar surface area (TPSA) is 72.5 Å². The summed E-state index contributed by atoms with van der Waals surface area (Å²) in [6, 6.07) is 21.1. The molecule has 2 aliphatic carbocycles. The number of carbonyl (C=O) groups is 3. The predicted molar refractivity (Wildman–Crippen MR) is 141 cm³/mol. The molecule has 6 heteroatoms.